The lowest BCUT2D eigenvalue weighted by molar-refractivity contribution is 0.112. The van der Waals surface area contributed by atoms with Crippen molar-refractivity contribution in [1.29, 1.82) is 0 Å². The lowest BCUT2D eigenvalue weighted by atomic mass is 10.0. The number of halogens is 1. The maximum atomic E-state index is 11.2. The number of aromatic nitrogens is 2. The maximum Gasteiger partial charge on any atom is 0.320 e. The number of nitrogens with one attached hydrogen (secondary N) is 1. The fourth-order valence-corrected chi connectivity index (χ4v) is 5.14. The molecule has 1 aromatic heterocycles. The molecular weight excluding hydrogens is 466 g/mol. The number of ether oxygens (including phenoxy) is 1. The summed E-state index contributed by atoms with van der Waals surface area (Å²) in [5.74, 6) is 0.770. The molecule has 2 aliphatic heterocycles. The van der Waals surface area contributed by atoms with Crippen LogP contribution in [0.25, 0.3) is 0 Å². The molecule has 8 nitrogen and oxygen atoms in total. The van der Waals surface area contributed by atoms with Gasteiger partial charge < -0.3 is 19.4 Å². The summed E-state index contributed by atoms with van der Waals surface area (Å²) >= 11 is 6.50. The van der Waals surface area contributed by atoms with Gasteiger partial charge in [0, 0.05) is 60.8 Å². The molecule has 0 saturated carbocycles. The Morgan fingerprint density at radius 3 is 2.89 bits per heavy atom. The smallest absolute Gasteiger partial charge is 0.320 e. The molecule has 5 rings (SSSR count). The van der Waals surface area contributed by atoms with E-state index in [9.17, 15) is 4.79 Å². The Morgan fingerprint density at radius 1 is 1.23 bits per heavy atom. The molecule has 184 valence electrons. The van der Waals surface area contributed by atoms with Gasteiger partial charge in [0.15, 0.2) is 0 Å². The lowest BCUT2D eigenvalue weighted by Gasteiger charge is -2.41. The molecular formula is C26H30ClN5O3. The van der Waals surface area contributed by atoms with Crippen LogP contribution in [-0.4, -0.2) is 60.3 Å². The van der Waals surface area contributed by atoms with E-state index in [-0.39, 0.29) is 5.92 Å². The Balaban J connectivity index is 1.26. The van der Waals surface area contributed by atoms with Crippen molar-refractivity contribution < 1.29 is 13.9 Å². The summed E-state index contributed by atoms with van der Waals surface area (Å²) in [7, 11) is 0. The molecule has 2 saturated heterocycles. The number of anilines is 3. The summed E-state index contributed by atoms with van der Waals surface area (Å²) in [6, 6.07) is 12.4. The van der Waals surface area contributed by atoms with Crippen LogP contribution < -0.4 is 10.2 Å². The van der Waals surface area contributed by atoms with E-state index in [1.54, 1.807) is 0 Å². The third-order valence-corrected chi connectivity index (χ3v) is 7.10. The minimum atomic E-state index is 0.163. The largest absolute Gasteiger partial charge is 0.407 e. The molecule has 0 bridgehead atoms. The highest BCUT2D eigenvalue weighted by Gasteiger charge is 2.26. The molecule has 9 heteroatoms. The van der Waals surface area contributed by atoms with Gasteiger partial charge in [-0.2, -0.15) is 0 Å². The Labute approximate surface area is 210 Å². The molecule has 0 aliphatic carbocycles. The fraction of sp³-hybridized carbons (Fsp3) is 0.423. The normalized spacial score (nSPS) is 20.8. The molecule has 0 spiro atoms. The summed E-state index contributed by atoms with van der Waals surface area (Å²) in [6.45, 7) is 9.17. The van der Waals surface area contributed by atoms with Crippen molar-refractivity contribution in [2.45, 2.75) is 38.8 Å². The second-order valence-electron chi connectivity index (χ2n) is 9.36. The Hall–Kier alpha value is -2.94. The van der Waals surface area contributed by atoms with Gasteiger partial charge >= 0.3 is 6.01 Å². The fourth-order valence-electron chi connectivity index (χ4n) is 4.90. The molecule has 3 aromatic rings. The second kappa shape index (κ2) is 10.4. The van der Waals surface area contributed by atoms with Crippen LogP contribution in [0, 0.1) is 6.92 Å². The molecule has 2 fully saturated rings. The van der Waals surface area contributed by atoms with Crippen LogP contribution in [-0.2, 0) is 11.3 Å². The van der Waals surface area contributed by atoms with Gasteiger partial charge in [0.25, 0.3) is 0 Å². The van der Waals surface area contributed by atoms with E-state index in [0.29, 0.717) is 35.1 Å². The van der Waals surface area contributed by atoms with E-state index in [1.807, 2.05) is 30.3 Å². The first-order chi connectivity index (χ1) is 17.0. The van der Waals surface area contributed by atoms with Gasteiger partial charge in [-0.15, -0.1) is 5.10 Å². The zero-order valence-corrected chi connectivity index (χ0v) is 20.8. The van der Waals surface area contributed by atoms with E-state index >= 15 is 0 Å². The van der Waals surface area contributed by atoms with Crippen LogP contribution in [0.5, 0.6) is 0 Å². The van der Waals surface area contributed by atoms with E-state index in [4.69, 9.17) is 20.8 Å². The summed E-state index contributed by atoms with van der Waals surface area (Å²) in [4.78, 5) is 16.0. The van der Waals surface area contributed by atoms with E-state index < -0.39 is 0 Å². The van der Waals surface area contributed by atoms with E-state index in [1.165, 1.54) is 0 Å². The van der Waals surface area contributed by atoms with Gasteiger partial charge in [0.2, 0.25) is 5.89 Å². The number of carbonyl (C=O) groups is 1. The van der Waals surface area contributed by atoms with Crippen LogP contribution in [0.4, 0.5) is 17.4 Å². The summed E-state index contributed by atoms with van der Waals surface area (Å²) in [6.07, 6.45) is 1.80. The third kappa shape index (κ3) is 5.34. The standard InChI is InChI=1S/C26H30ClN5O3/c1-17-13-31(7-8-32(17)23-5-3-4-19(10-23)15-33)14-21-11-22(27)12-24(18(21)2)28-26-30-29-25(35-26)20-6-9-34-16-20/h3-5,10-12,15,17,20H,6-9,13-14,16H2,1-2H3,(H,28,30)/t17-,20?/m0/s1. The lowest BCUT2D eigenvalue weighted by Crippen LogP contribution is -2.51. The first-order valence-electron chi connectivity index (χ1n) is 12.0. The van der Waals surface area contributed by atoms with Gasteiger partial charge in [0.1, 0.15) is 6.29 Å². The molecule has 1 N–H and O–H groups in total. The van der Waals surface area contributed by atoms with Crippen molar-refractivity contribution in [1.82, 2.24) is 15.1 Å². The first kappa shape index (κ1) is 23.8. The SMILES string of the molecule is Cc1c(CN2CCN(c3cccc(C=O)c3)[C@@H](C)C2)cc(Cl)cc1Nc1nnc(C2CCOC2)o1. The van der Waals surface area contributed by atoms with Crippen molar-refractivity contribution in [2.75, 3.05) is 43.1 Å². The zero-order chi connectivity index (χ0) is 24.4. The quantitative estimate of drug-likeness (QED) is 0.468. The number of hydrogen-bond acceptors (Lipinski definition) is 8. The summed E-state index contributed by atoms with van der Waals surface area (Å²) < 4.78 is 11.3. The summed E-state index contributed by atoms with van der Waals surface area (Å²) in [5, 5.41) is 12.3. The Bertz CT molecular complexity index is 1190. The Morgan fingerprint density at radius 2 is 2.11 bits per heavy atom. The number of hydrogen-bond donors (Lipinski definition) is 1. The van der Waals surface area contributed by atoms with Crippen LogP contribution in [0.15, 0.2) is 40.8 Å². The van der Waals surface area contributed by atoms with Crippen LogP contribution in [0.1, 0.15) is 46.6 Å². The maximum absolute atomic E-state index is 11.2. The highest BCUT2D eigenvalue weighted by Crippen LogP contribution is 2.31. The Kier molecular flexibility index (Phi) is 7.04. The molecule has 3 heterocycles. The highest BCUT2D eigenvalue weighted by atomic mass is 35.5. The van der Waals surface area contributed by atoms with Crippen molar-refractivity contribution >= 4 is 35.3 Å². The monoisotopic (exact) mass is 495 g/mol. The topological polar surface area (TPSA) is 83.7 Å². The molecule has 0 amide bonds. The first-order valence-corrected chi connectivity index (χ1v) is 12.4. The van der Waals surface area contributed by atoms with Gasteiger partial charge in [-0.3, -0.25) is 9.69 Å². The van der Waals surface area contributed by atoms with Crippen LogP contribution >= 0.6 is 11.6 Å². The summed E-state index contributed by atoms with van der Waals surface area (Å²) in [5.41, 5.74) is 4.93. The molecule has 2 aliphatic rings. The van der Waals surface area contributed by atoms with Gasteiger partial charge in [-0.1, -0.05) is 28.8 Å². The van der Waals surface area contributed by atoms with Gasteiger partial charge in [0.05, 0.1) is 12.5 Å². The second-order valence-corrected chi connectivity index (χ2v) is 9.80. The van der Waals surface area contributed by atoms with E-state index in [0.717, 1.165) is 68.0 Å². The number of benzene rings is 2. The zero-order valence-electron chi connectivity index (χ0n) is 20.0. The minimum absolute atomic E-state index is 0.163. The molecule has 1 unspecified atom stereocenters. The van der Waals surface area contributed by atoms with Gasteiger partial charge in [-0.05, 0) is 55.7 Å². The highest BCUT2D eigenvalue weighted by molar-refractivity contribution is 6.31. The number of rotatable bonds is 7. The number of aldehydes is 1. The van der Waals surface area contributed by atoms with Crippen molar-refractivity contribution in [3.8, 4) is 0 Å². The predicted octanol–water partition coefficient (Wildman–Crippen LogP) is 4.80. The van der Waals surface area contributed by atoms with Crippen molar-refractivity contribution in [3.63, 3.8) is 0 Å². The molecule has 2 atom stereocenters. The minimum Gasteiger partial charge on any atom is -0.407 e. The number of carbonyl (C=O) groups excluding carboxylic acids is 1. The molecule has 0 radical (unpaired) electrons. The third-order valence-electron chi connectivity index (χ3n) is 6.88. The number of nitrogens with zero attached hydrogens (tertiary/aromatic N) is 4. The average molecular weight is 496 g/mol. The predicted molar refractivity (Wildman–Crippen MR) is 136 cm³/mol. The average Bonchev–Trinajstić information content (AvgIpc) is 3.54. The van der Waals surface area contributed by atoms with Crippen LogP contribution in [0.3, 0.4) is 0 Å². The van der Waals surface area contributed by atoms with Gasteiger partial charge in [-0.25, -0.2) is 0 Å². The van der Waals surface area contributed by atoms with Crippen molar-refractivity contribution in [2.24, 2.45) is 0 Å². The molecule has 2 aromatic carbocycles. The van der Waals surface area contributed by atoms with Crippen molar-refractivity contribution in [3.05, 3.63) is 64.0 Å². The molecule has 35 heavy (non-hydrogen) atoms. The van der Waals surface area contributed by atoms with E-state index in [2.05, 4.69) is 45.2 Å². The van der Waals surface area contributed by atoms with Crippen LogP contribution in [0.2, 0.25) is 5.02 Å². The number of piperazine rings is 1.